The molecule has 1 saturated heterocycles. The van der Waals surface area contributed by atoms with Crippen molar-refractivity contribution in [1.82, 2.24) is 9.88 Å². The summed E-state index contributed by atoms with van der Waals surface area (Å²) >= 11 is 1.14. The Morgan fingerprint density at radius 3 is 2.55 bits per heavy atom. The molecule has 1 aliphatic heterocycles. The van der Waals surface area contributed by atoms with Gasteiger partial charge in [0, 0.05) is 24.2 Å². The average Bonchev–Trinajstić information content (AvgIpc) is 3.07. The van der Waals surface area contributed by atoms with Crippen molar-refractivity contribution in [3.63, 3.8) is 0 Å². The van der Waals surface area contributed by atoms with E-state index in [1.807, 2.05) is 19.9 Å². The van der Waals surface area contributed by atoms with Gasteiger partial charge in [0.25, 0.3) is 0 Å². The molecule has 0 atom stereocenters. The Kier molecular flexibility index (Phi) is 5.32. The van der Waals surface area contributed by atoms with Gasteiger partial charge < -0.3 is 10.0 Å². The fraction of sp³-hybridized carbons (Fsp3) is 0.318. The van der Waals surface area contributed by atoms with Crippen molar-refractivity contribution in [3.8, 4) is 11.1 Å². The Balaban J connectivity index is 1.95. The maximum atomic E-state index is 13.4. The first kappa shape index (κ1) is 19.5. The number of rotatable bonds is 3. The molecule has 0 radical (unpaired) electrons. The zero-order chi connectivity index (χ0) is 20.5. The molecule has 0 spiro atoms. The molecule has 0 aliphatic carbocycles. The zero-order valence-corrected chi connectivity index (χ0v) is 17.2. The van der Waals surface area contributed by atoms with Crippen LogP contribution in [0.3, 0.4) is 0 Å². The van der Waals surface area contributed by atoms with Crippen LogP contribution in [-0.2, 0) is 0 Å². The summed E-state index contributed by atoms with van der Waals surface area (Å²) in [6.07, 6.45) is 3.44. The Morgan fingerprint density at radius 1 is 1.21 bits per heavy atom. The van der Waals surface area contributed by atoms with Crippen LogP contribution < -0.4 is 0 Å². The minimum absolute atomic E-state index is 0.179. The number of aromatic carboxylic acids is 1. The number of amidine groups is 1. The van der Waals surface area contributed by atoms with Crippen molar-refractivity contribution in [3.05, 3.63) is 46.7 Å². The van der Waals surface area contributed by atoms with Crippen molar-refractivity contribution >= 4 is 39.0 Å². The van der Waals surface area contributed by atoms with Gasteiger partial charge in [-0.1, -0.05) is 12.1 Å². The topological polar surface area (TPSA) is 65.8 Å². The number of hydrogen-bond acceptors (Lipinski definition) is 4. The molecule has 3 aromatic rings. The first-order valence-corrected chi connectivity index (χ1v) is 10.5. The highest BCUT2D eigenvalue weighted by Gasteiger charge is 2.23. The third-order valence-corrected chi connectivity index (χ3v) is 6.26. The van der Waals surface area contributed by atoms with Gasteiger partial charge in [0.2, 0.25) is 0 Å². The lowest BCUT2D eigenvalue weighted by atomic mass is 10.0. The van der Waals surface area contributed by atoms with Crippen LogP contribution in [0.25, 0.3) is 21.3 Å². The molecule has 1 aliphatic rings. The monoisotopic (exact) mass is 411 g/mol. The fourth-order valence-corrected chi connectivity index (χ4v) is 4.79. The predicted molar refractivity (Wildman–Crippen MR) is 115 cm³/mol. The van der Waals surface area contributed by atoms with Crippen LogP contribution in [0, 0.1) is 12.7 Å². The van der Waals surface area contributed by atoms with Crippen molar-refractivity contribution in [2.24, 2.45) is 4.99 Å². The molecule has 4 rings (SSSR count). The van der Waals surface area contributed by atoms with E-state index < -0.39 is 5.97 Å². The van der Waals surface area contributed by atoms with Gasteiger partial charge in [0.1, 0.15) is 27.0 Å². The molecule has 1 aromatic carbocycles. The summed E-state index contributed by atoms with van der Waals surface area (Å²) in [7, 11) is 0. The van der Waals surface area contributed by atoms with Crippen LogP contribution in [0.1, 0.15) is 41.6 Å². The van der Waals surface area contributed by atoms with Crippen molar-refractivity contribution in [1.29, 1.82) is 0 Å². The molecule has 0 amide bonds. The lowest BCUT2D eigenvalue weighted by Crippen LogP contribution is -2.33. The van der Waals surface area contributed by atoms with Crippen LogP contribution in [0.4, 0.5) is 10.1 Å². The highest BCUT2D eigenvalue weighted by molar-refractivity contribution is 7.21. The van der Waals surface area contributed by atoms with E-state index in [0.717, 1.165) is 59.9 Å². The van der Waals surface area contributed by atoms with E-state index >= 15 is 0 Å². The number of benzene rings is 1. The van der Waals surface area contributed by atoms with Crippen LogP contribution in [-0.4, -0.2) is 39.9 Å². The molecular formula is C22H22FN3O2S. The zero-order valence-electron chi connectivity index (χ0n) is 16.4. The molecular weight excluding hydrogens is 389 g/mol. The van der Waals surface area contributed by atoms with Gasteiger partial charge in [-0.3, -0.25) is 0 Å². The average molecular weight is 412 g/mol. The number of aryl methyl sites for hydroxylation is 1. The molecule has 1 N–H and O–H groups in total. The maximum Gasteiger partial charge on any atom is 0.348 e. The number of likely N-dealkylation sites (tertiary alicyclic amines) is 1. The van der Waals surface area contributed by atoms with Crippen LogP contribution in [0.2, 0.25) is 0 Å². The molecule has 7 heteroatoms. The Morgan fingerprint density at radius 2 is 1.90 bits per heavy atom. The quantitative estimate of drug-likeness (QED) is 0.447. The summed E-state index contributed by atoms with van der Waals surface area (Å²) in [5.74, 6) is -0.509. The number of nitrogens with zero attached hydrogens (tertiary/aromatic N) is 3. The number of hydrogen-bond donors (Lipinski definition) is 1. The van der Waals surface area contributed by atoms with Gasteiger partial charge in [0.05, 0.1) is 0 Å². The largest absolute Gasteiger partial charge is 0.477 e. The fourth-order valence-electron chi connectivity index (χ4n) is 3.76. The Labute approximate surface area is 172 Å². The van der Waals surface area contributed by atoms with Crippen LogP contribution in [0.5, 0.6) is 0 Å². The van der Waals surface area contributed by atoms with Gasteiger partial charge in [-0.15, -0.1) is 11.3 Å². The minimum Gasteiger partial charge on any atom is -0.477 e. The van der Waals surface area contributed by atoms with E-state index in [1.165, 1.54) is 18.6 Å². The van der Waals surface area contributed by atoms with E-state index in [1.54, 1.807) is 12.1 Å². The van der Waals surface area contributed by atoms with Gasteiger partial charge in [-0.05, 0) is 62.4 Å². The smallest absolute Gasteiger partial charge is 0.348 e. The van der Waals surface area contributed by atoms with Crippen molar-refractivity contribution < 1.29 is 14.3 Å². The first-order valence-electron chi connectivity index (χ1n) is 9.67. The molecule has 0 saturated carbocycles. The number of carboxylic acid groups (broad SMARTS) is 1. The van der Waals surface area contributed by atoms with Crippen LogP contribution >= 0.6 is 11.3 Å². The highest BCUT2D eigenvalue weighted by Crippen LogP contribution is 2.43. The molecule has 2 aromatic heterocycles. The van der Waals surface area contributed by atoms with Gasteiger partial charge in [-0.25, -0.2) is 19.2 Å². The standard InChI is InChI=1S/C22H22FN3O2S/c1-13-12-17(15-6-8-16(23)9-7-15)18-19(20(22(27)28)29-21(18)24-13)25-14(2)26-10-4-3-5-11-26/h6-9,12H,3-5,10-11H2,1-2H3,(H,27,28). The number of aliphatic imine (C=N–C) groups is 1. The predicted octanol–water partition coefficient (Wildman–Crippen LogP) is 5.64. The lowest BCUT2D eigenvalue weighted by Gasteiger charge is -2.28. The summed E-state index contributed by atoms with van der Waals surface area (Å²) in [5, 5.41) is 10.5. The van der Waals surface area contributed by atoms with E-state index in [0.29, 0.717) is 15.9 Å². The third kappa shape index (κ3) is 3.87. The molecule has 0 bridgehead atoms. The number of piperidine rings is 1. The number of fused-ring (bicyclic) bond motifs is 1. The summed E-state index contributed by atoms with van der Waals surface area (Å²) in [4.78, 5) is 24.3. The van der Waals surface area contributed by atoms with Crippen molar-refractivity contribution in [2.75, 3.05) is 13.1 Å². The summed E-state index contributed by atoms with van der Waals surface area (Å²) in [6, 6.07) is 8.12. The van der Waals surface area contributed by atoms with Gasteiger partial charge in [-0.2, -0.15) is 0 Å². The highest BCUT2D eigenvalue weighted by atomic mass is 32.1. The second-order valence-corrected chi connectivity index (χ2v) is 8.29. The third-order valence-electron chi connectivity index (χ3n) is 5.20. The first-order chi connectivity index (χ1) is 13.9. The molecule has 3 heterocycles. The van der Waals surface area contributed by atoms with Gasteiger partial charge in [0.15, 0.2) is 0 Å². The van der Waals surface area contributed by atoms with Crippen LogP contribution in [0.15, 0.2) is 35.3 Å². The second-order valence-electron chi connectivity index (χ2n) is 7.29. The lowest BCUT2D eigenvalue weighted by molar-refractivity contribution is 0.0703. The summed E-state index contributed by atoms with van der Waals surface area (Å²) < 4.78 is 13.4. The number of carboxylic acids is 1. The number of carbonyl (C=O) groups is 1. The summed E-state index contributed by atoms with van der Waals surface area (Å²) in [5.41, 5.74) is 2.84. The molecule has 5 nitrogen and oxygen atoms in total. The minimum atomic E-state index is -1.01. The second kappa shape index (κ2) is 7.91. The molecule has 29 heavy (non-hydrogen) atoms. The SMILES string of the molecule is CC(=Nc1c(C(=O)O)sc2nc(C)cc(-c3ccc(F)cc3)c12)N1CCCCC1. The number of pyridine rings is 1. The normalized spacial score (nSPS) is 15.1. The van der Waals surface area contributed by atoms with E-state index in [9.17, 15) is 14.3 Å². The summed E-state index contributed by atoms with van der Waals surface area (Å²) in [6.45, 7) is 5.66. The number of halogens is 1. The van der Waals surface area contributed by atoms with Crippen molar-refractivity contribution in [2.45, 2.75) is 33.1 Å². The molecule has 0 unspecified atom stereocenters. The molecule has 1 fully saturated rings. The van der Waals surface area contributed by atoms with E-state index in [-0.39, 0.29) is 10.7 Å². The maximum absolute atomic E-state index is 13.4. The van der Waals surface area contributed by atoms with Gasteiger partial charge >= 0.3 is 5.97 Å². The Bertz CT molecular complexity index is 1100. The van der Waals surface area contributed by atoms with E-state index in [2.05, 4.69) is 9.88 Å². The van der Waals surface area contributed by atoms with E-state index in [4.69, 9.17) is 4.99 Å². The Hall–Kier alpha value is -2.80. The number of thiophene rings is 1. The molecule has 150 valence electrons. The number of aromatic nitrogens is 1.